The summed E-state index contributed by atoms with van der Waals surface area (Å²) in [6.07, 6.45) is 1.46. The summed E-state index contributed by atoms with van der Waals surface area (Å²) in [6, 6.07) is 8.86. The predicted octanol–water partition coefficient (Wildman–Crippen LogP) is 3.11. The van der Waals surface area contributed by atoms with Gasteiger partial charge in [-0.05, 0) is 38.1 Å². The van der Waals surface area contributed by atoms with E-state index < -0.39 is 0 Å². The first-order valence-corrected chi connectivity index (χ1v) is 8.85. The Morgan fingerprint density at radius 1 is 1.18 bits per heavy atom. The normalized spacial score (nSPS) is 10.6. The second kappa shape index (κ2) is 12.9. The van der Waals surface area contributed by atoms with E-state index in [0.29, 0.717) is 43.7 Å². The van der Waals surface area contributed by atoms with Gasteiger partial charge in [-0.15, -0.1) is 24.0 Å². The molecule has 2 rings (SSSR count). The molecule has 8 nitrogen and oxygen atoms in total. The Morgan fingerprint density at radius 2 is 2.00 bits per heavy atom. The van der Waals surface area contributed by atoms with Crippen molar-refractivity contribution in [1.29, 1.82) is 0 Å². The van der Waals surface area contributed by atoms with Crippen LogP contribution < -0.4 is 25.4 Å². The number of nitrogens with one attached hydrogen (secondary N) is 3. The van der Waals surface area contributed by atoms with Crippen molar-refractivity contribution in [3.63, 3.8) is 0 Å². The van der Waals surface area contributed by atoms with Gasteiger partial charge >= 0.3 is 0 Å². The van der Waals surface area contributed by atoms with Crippen LogP contribution in [0, 0.1) is 0 Å². The Bertz CT molecular complexity index is 750. The number of amides is 1. The quantitative estimate of drug-likeness (QED) is 0.211. The molecule has 0 saturated heterocycles. The second-order valence-corrected chi connectivity index (χ2v) is 5.42. The number of ether oxygens (including phenoxy) is 2. The Hall–Kier alpha value is -2.43. The summed E-state index contributed by atoms with van der Waals surface area (Å²) in [4.78, 5) is 16.3. The molecular weight excluding hydrogens is 475 g/mol. The van der Waals surface area contributed by atoms with Gasteiger partial charge in [-0.3, -0.25) is 9.79 Å². The molecule has 0 fully saturated rings. The summed E-state index contributed by atoms with van der Waals surface area (Å²) < 4.78 is 15.9. The second-order valence-electron chi connectivity index (χ2n) is 5.42. The topological polar surface area (TPSA) is 97.1 Å². The predicted molar refractivity (Wildman–Crippen MR) is 120 cm³/mol. The number of guanidine groups is 1. The summed E-state index contributed by atoms with van der Waals surface area (Å²) in [7, 11) is 1.60. The van der Waals surface area contributed by atoms with Crippen LogP contribution in [0.2, 0.25) is 0 Å². The lowest BCUT2D eigenvalue weighted by Crippen LogP contribution is -2.32. The van der Waals surface area contributed by atoms with Crippen molar-refractivity contribution in [1.82, 2.24) is 10.6 Å². The Kier molecular flexibility index (Phi) is 10.8. The Labute approximate surface area is 182 Å². The molecule has 0 spiro atoms. The molecule has 1 aromatic heterocycles. The maximum atomic E-state index is 11.8. The van der Waals surface area contributed by atoms with E-state index in [-0.39, 0.29) is 35.6 Å². The Morgan fingerprint density at radius 3 is 2.64 bits per heavy atom. The number of halogens is 1. The van der Waals surface area contributed by atoms with Crippen LogP contribution in [0.3, 0.4) is 0 Å². The zero-order valence-corrected chi connectivity index (χ0v) is 18.6. The minimum atomic E-state index is -0.260. The lowest BCUT2D eigenvalue weighted by atomic mass is 10.2. The van der Waals surface area contributed by atoms with E-state index in [2.05, 4.69) is 20.9 Å². The van der Waals surface area contributed by atoms with Crippen molar-refractivity contribution in [3.05, 3.63) is 42.4 Å². The van der Waals surface area contributed by atoms with Crippen LogP contribution >= 0.6 is 24.0 Å². The molecule has 0 bridgehead atoms. The van der Waals surface area contributed by atoms with Crippen LogP contribution in [-0.2, 0) is 0 Å². The van der Waals surface area contributed by atoms with Gasteiger partial charge < -0.3 is 29.8 Å². The zero-order valence-electron chi connectivity index (χ0n) is 16.3. The number of hydrogen-bond donors (Lipinski definition) is 3. The lowest BCUT2D eigenvalue weighted by molar-refractivity contribution is 0.0927. The van der Waals surface area contributed by atoms with Gasteiger partial charge in [0.05, 0.1) is 26.5 Å². The van der Waals surface area contributed by atoms with Gasteiger partial charge in [0, 0.05) is 24.8 Å². The van der Waals surface area contributed by atoms with Crippen LogP contribution in [0.25, 0.3) is 0 Å². The van der Waals surface area contributed by atoms with Crippen molar-refractivity contribution in [3.8, 4) is 11.5 Å². The summed E-state index contributed by atoms with van der Waals surface area (Å²) >= 11 is 0. The number of anilines is 1. The summed E-state index contributed by atoms with van der Waals surface area (Å²) in [5.74, 6) is 1.96. The fraction of sp³-hybridized carbons (Fsp3) is 0.368. The average Bonchev–Trinajstić information content (AvgIpc) is 3.20. The molecule has 0 radical (unpaired) electrons. The molecule has 28 heavy (non-hydrogen) atoms. The molecule has 1 aromatic carbocycles. The molecule has 0 aliphatic carbocycles. The minimum absolute atomic E-state index is 0. The van der Waals surface area contributed by atoms with E-state index in [1.807, 2.05) is 32.0 Å². The van der Waals surface area contributed by atoms with E-state index in [1.165, 1.54) is 6.26 Å². The van der Waals surface area contributed by atoms with Gasteiger partial charge in [-0.2, -0.15) is 0 Å². The number of aliphatic imine (C=N–C) groups is 1. The highest BCUT2D eigenvalue weighted by atomic mass is 127. The van der Waals surface area contributed by atoms with Crippen LogP contribution in [0.5, 0.6) is 11.5 Å². The van der Waals surface area contributed by atoms with E-state index in [4.69, 9.17) is 13.9 Å². The van der Waals surface area contributed by atoms with Gasteiger partial charge in [-0.25, -0.2) is 0 Å². The number of furan rings is 1. The highest BCUT2D eigenvalue weighted by Crippen LogP contribution is 2.30. The fourth-order valence-corrected chi connectivity index (χ4v) is 2.30. The summed E-state index contributed by atoms with van der Waals surface area (Å²) in [6.45, 7) is 5.96. The number of hydrogen-bond acceptors (Lipinski definition) is 5. The minimum Gasteiger partial charge on any atom is -0.493 e. The van der Waals surface area contributed by atoms with Crippen molar-refractivity contribution in [2.24, 2.45) is 4.99 Å². The molecule has 0 unspecified atom stereocenters. The maximum absolute atomic E-state index is 11.8. The largest absolute Gasteiger partial charge is 0.493 e. The third-order valence-electron chi connectivity index (χ3n) is 3.48. The van der Waals surface area contributed by atoms with Crippen molar-refractivity contribution < 1.29 is 18.7 Å². The van der Waals surface area contributed by atoms with Crippen molar-refractivity contribution in [2.45, 2.75) is 13.8 Å². The molecule has 2 aromatic rings. The van der Waals surface area contributed by atoms with Crippen LogP contribution in [0.15, 0.2) is 46.0 Å². The third kappa shape index (κ3) is 7.29. The van der Waals surface area contributed by atoms with Gasteiger partial charge in [0.25, 0.3) is 5.91 Å². The highest BCUT2D eigenvalue weighted by Gasteiger charge is 2.08. The monoisotopic (exact) mass is 502 g/mol. The highest BCUT2D eigenvalue weighted by molar-refractivity contribution is 14.0. The number of benzene rings is 1. The molecule has 154 valence electrons. The molecule has 0 aliphatic heterocycles. The molecule has 0 saturated carbocycles. The number of carbonyl (C=O) groups is 1. The number of methoxy groups -OCH3 is 1. The smallest absolute Gasteiger partial charge is 0.287 e. The molecule has 0 atom stereocenters. The van der Waals surface area contributed by atoms with Gasteiger partial charge in [-0.1, -0.05) is 0 Å². The molecule has 3 N–H and O–H groups in total. The first kappa shape index (κ1) is 23.6. The summed E-state index contributed by atoms with van der Waals surface area (Å²) in [5, 5.41) is 9.14. The molecule has 9 heteroatoms. The summed E-state index contributed by atoms with van der Waals surface area (Å²) in [5.41, 5.74) is 0.818. The lowest BCUT2D eigenvalue weighted by Gasteiger charge is -2.14. The number of carbonyl (C=O) groups excluding carboxylic acids is 1. The molecule has 0 aliphatic rings. The van der Waals surface area contributed by atoms with E-state index >= 15 is 0 Å². The standard InChI is InChI=1S/C19H26N4O4.HI/c1-4-20-19(22-11-10-21-18(24)16-7-6-12-27-16)23-14-8-9-15(25-3)17(13-14)26-5-2;/h6-9,12-13H,4-5,10-11H2,1-3H3,(H,21,24)(H2,20,22,23);1H. The zero-order chi connectivity index (χ0) is 19.5. The molecular formula is C19H27IN4O4. The fourth-order valence-electron chi connectivity index (χ4n) is 2.30. The first-order chi connectivity index (χ1) is 13.2. The van der Waals surface area contributed by atoms with E-state index in [9.17, 15) is 4.79 Å². The SMILES string of the molecule is CCNC(=NCCNC(=O)c1ccco1)Nc1ccc(OC)c(OCC)c1.I. The van der Waals surface area contributed by atoms with Crippen LogP contribution in [0.1, 0.15) is 24.4 Å². The van der Waals surface area contributed by atoms with Gasteiger partial charge in [0.15, 0.2) is 23.2 Å². The van der Waals surface area contributed by atoms with Gasteiger partial charge in [0.1, 0.15) is 0 Å². The van der Waals surface area contributed by atoms with Crippen LogP contribution in [0.4, 0.5) is 5.69 Å². The third-order valence-corrected chi connectivity index (χ3v) is 3.48. The van der Waals surface area contributed by atoms with Crippen molar-refractivity contribution in [2.75, 3.05) is 38.7 Å². The number of nitrogens with zero attached hydrogens (tertiary/aromatic N) is 1. The number of rotatable bonds is 9. The average molecular weight is 502 g/mol. The maximum Gasteiger partial charge on any atom is 0.287 e. The first-order valence-electron chi connectivity index (χ1n) is 8.85. The van der Waals surface area contributed by atoms with E-state index in [0.717, 1.165) is 5.69 Å². The molecule has 1 heterocycles. The van der Waals surface area contributed by atoms with E-state index in [1.54, 1.807) is 19.2 Å². The van der Waals surface area contributed by atoms with Crippen LogP contribution in [-0.4, -0.2) is 45.2 Å². The Balaban J connectivity index is 0.00000392. The molecule has 1 amide bonds. The van der Waals surface area contributed by atoms with Crippen molar-refractivity contribution >= 4 is 41.5 Å². The van der Waals surface area contributed by atoms with Gasteiger partial charge in [0.2, 0.25) is 0 Å².